The Morgan fingerprint density at radius 1 is 1.55 bits per heavy atom. The minimum Gasteiger partial charge on any atom is -0.481 e. The number of nitrogens with zero attached hydrogens (tertiary/aromatic N) is 2. The first-order valence-corrected chi connectivity index (χ1v) is 7.49. The van der Waals surface area contributed by atoms with Gasteiger partial charge in [-0.25, -0.2) is 4.79 Å². The van der Waals surface area contributed by atoms with Crippen LogP contribution in [0, 0.1) is 12.8 Å². The van der Waals surface area contributed by atoms with Gasteiger partial charge in [0.1, 0.15) is 5.92 Å². The van der Waals surface area contributed by atoms with E-state index in [4.69, 9.17) is 4.74 Å². The Morgan fingerprint density at radius 2 is 2.27 bits per heavy atom. The summed E-state index contributed by atoms with van der Waals surface area (Å²) in [5, 5.41) is 9.67. The number of aryl methyl sites for hydroxylation is 1. The molecule has 6 nitrogen and oxygen atoms in total. The third-order valence-electron chi connectivity index (χ3n) is 4.01. The number of pyridine rings is 1. The number of carbonyl (C=O) groups excluding carboxylic acids is 1. The van der Waals surface area contributed by atoms with Crippen LogP contribution in [0.5, 0.6) is 0 Å². The van der Waals surface area contributed by atoms with E-state index < -0.39 is 17.9 Å². The highest BCUT2D eigenvalue weighted by Crippen LogP contribution is 2.33. The van der Waals surface area contributed by atoms with E-state index in [2.05, 4.69) is 9.88 Å². The molecule has 1 N–H and O–H groups in total. The normalized spacial score (nSPS) is 19.9. The van der Waals surface area contributed by atoms with Crippen molar-refractivity contribution in [2.75, 3.05) is 26.7 Å². The minimum absolute atomic E-state index is 0.0501. The molecule has 1 aromatic heterocycles. The van der Waals surface area contributed by atoms with Crippen LogP contribution in [0.25, 0.3) is 0 Å². The highest BCUT2D eigenvalue weighted by Gasteiger charge is 2.37. The number of hydrogen-bond donors (Lipinski definition) is 1. The molecule has 2 unspecified atom stereocenters. The average Bonchev–Trinajstić information content (AvgIpc) is 2.86. The molecular weight excluding hydrogens is 284 g/mol. The van der Waals surface area contributed by atoms with Gasteiger partial charge >= 0.3 is 11.9 Å². The lowest BCUT2D eigenvalue weighted by molar-refractivity contribution is -0.140. The van der Waals surface area contributed by atoms with E-state index in [9.17, 15) is 14.7 Å². The van der Waals surface area contributed by atoms with Gasteiger partial charge in [0.2, 0.25) is 0 Å². The van der Waals surface area contributed by atoms with E-state index in [0.29, 0.717) is 12.2 Å². The number of rotatable bonds is 5. The van der Waals surface area contributed by atoms with Gasteiger partial charge in [0.05, 0.1) is 17.9 Å². The smallest absolute Gasteiger partial charge is 0.340 e. The predicted molar refractivity (Wildman–Crippen MR) is 80.9 cm³/mol. The van der Waals surface area contributed by atoms with Crippen molar-refractivity contribution in [3.8, 4) is 0 Å². The van der Waals surface area contributed by atoms with E-state index in [1.54, 1.807) is 19.2 Å². The van der Waals surface area contributed by atoms with Crippen LogP contribution in [0.4, 0.5) is 0 Å². The van der Waals surface area contributed by atoms with Crippen LogP contribution in [0.15, 0.2) is 12.3 Å². The Morgan fingerprint density at radius 3 is 2.82 bits per heavy atom. The molecule has 22 heavy (non-hydrogen) atoms. The largest absolute Gasteiger partial charge is 0.481 e. The second kappa shape index (κ2) is 6.87. The van der Waals surface area contributed by atoms with E-state index in [1.165, 1.54) is 0 Å². The van der Waals surface area contributed by atoms with Crippen molar-refractivity contribution in [1.29, 1.82) is 0 Å². The number of hydrogen-bond acceptors (Lipinski definition) is 5. The van der Waals surface area contributed by atoms with Crippen LogP contribution in [0.2, 0.25) is 0 Å². The third kappa shape index (κ3) is 3.44. The van der Waals surface area contributed by atoms with Crippen molar-refractivity contribution in [3.05, 3.63) is 29.1 Å². The van der Waals surface area contributed by atoms with Crippen LogP contribution in [-0.2, 0) is 9.53 Å². The molecule has 2 atom stereocenters. The maximum atomic E-state index is 12.2. The lowest BCUT2D eigenvalue weighted by atomic mass is 9.86. The van der Waals surface area contributed by atoms with Crippen LogP contribution in [0.3, 0.4) is 0 Å². The first kappa shape index (κ1) is 16.4. The van der Waals surface area contributed by atoms with E-state index in [1.807, 2.05) is 14.0 Å². The molecule has 1 fully saturated rings. The Bertz CT molecular complexity index is 573. The molecule has 6 heteroatoms. The van der Waals surface area contributed by atoms with Crippen molar-refractivity contribution in [1.82, 2.24) is 9.88 Å². The van der Waals surface area contributed by atoms with Gasteiger partial charge in [-0.1, -0.05) is 0 Å². The number of aromatic nitrogens is 1. The monoisotopic (exact) mass is 306 g/mol. The molecule has 0 bridgehead atoms. The first-order chi connectivity index (χ1) is 10.4. The van der Waals surface area contributed by atoms with Crippen LogP contribution < -0.4 is 0 Å². The van der Waals surface area contributed by atoms with Crippen LogP contribution in [0.1, 0.15) is 40.9 Å². The number of carbonyl (C=O) groups is 2. The van der Waals surface area contributed by atoms with Crippen LogP contribution >= 0.6 is 0 Å². The molecule has 1 aromatic rings. The first-order valence-electron chi connectivity index (χ1n) is 7.49. The fourth-order valence-electron chi connectivity index (χ4n) is 2.98. The summed E-state index contributed by atoms with van der Waals surface area (Å²) in [6.07, 6.45) is 2.39. The number of esters is 1. The zero-order valence-electron chi connectivity index (χ0n) is 13.2. The van der Waals surface area contributed by atoms with Gasteiger partial charge in [0.15, 0.2) is 0 Å². The fraction of sp³-hybridized carbons (Fsp3) is 0.562. The Balaban J connectivity index is 2.43. The topological polar surface area (TPSA) is 79.7 Å². The van der Waals surface area contributed by atoms with Gasteiger partial charge in [0.25, 0.3) is 0 Å². The van der Waals surface area contributed by atoms with Crippen LogP contribution in [-0.4, -0.2) is 53.7 Å². The van der Waals surface area contributed by atoms with Crippen molar-refractivity contribution < 1.29 is 19.4 Å². The zero-order valence-corrected chi connectivity index (χ0v) is 13.2. The standard InChI is InChI=1S/C16H22N2O4/c1-4-22-16(21)12-7-10(2)8-17-14(12)13(15(19)20)11-5-6-18(3)9-11/h7-8,11,13H,4-6,9H2,1-3H3,(H,19,20). The Hall–Kier alpha value is -1.95. The van der Waals surface area contributed by atoms with Gasteiger partial charge in [-0.2, -0.15) is 0 Å². The summed E-state index contributed by atoms with van der Waals surface area (Å²) >= 11 is 0. The SMILES string of the molecule is CCOC(=O)c1cc(C)cnc1C(C(=O)O)C1CCN(C)C1. The highest BCUT2D eigenvalue weighted by atomic mass is 16.5. The summed E-state index contributed by atoms with van der Waals surface area (Å²) in [6, 6.07) is 1.66. The summed E-state index contributed by atoms with van der Waals surface area (Å²) in [7, 11) is 1.97. The molecule has 120 valence electrons. The number of likely N-dealkylation sites (tertiary alicyclic amines) is 1. The van der Waals surface area contributed by atoms with E-state index in [-0.39, 0.29) is 18.1 Å². The molecule has 0 saturated carbocycles. The molecule has 0 spiro atoms. The van der Waals surface area contributed by atoms with Gasteiger partial charge < -0.3 is 14.7 Å². The molecule has 0 aliphatic carbocycles. The van der Waals surface area contributed by atoms with Gasteiger partial charge in [0, 0.05) is 12.7 Å². The molecule has 1 saturated heterocycles. The van der Waals surface area contributed by atoms with Gasteiger partial charge in [-0.15, -0.1) is 0 Å². The maximum Gasteiger partial charge on any atom is 0.340 e. The maximum absolute atomic E-state index is 12.2. The van der Waals surface area contributed by atoms with E-state index in [0.717, 1.165) is 18.5 Å². The number of carboxylic acids is 1. The summed E-state index contributed by atoms with van der Waals surface area (Å²) in [6.45, 7) is 5.33. The van der Waals surface area contributed by atoms with Gasteiger partial charge in [-0.3, -0.25) is 9.78 Å². The zero-order chi connectivity index (χ0) is 16.3. The molecule has 0 radical (unpaired) electrons. The summed E-state index contributed by atoms with van der Waals surface area (Å²) < 4.78 is 5.05. The molecule has 1 aliphatic heterocycles. The Kier molecular flexibility index (Phi) is 5.13. The number of carboxylic acid groups (broad SMARTS) is 1. The van der Waals surface area contributed by atoms with Crippen molar-refractivity contribution in [3.63, 3.8) is 0 Å². The summed E-state index contributed by atoms with van der Waals surface area (Å²) in [5.41, 5.74) is 1.39. The second-order valence-electron chi connectivity index (χ2n) is 5.79. The highest BCUT2D eigenvalue weighted by molar-refractivity contribution is 5.93. The van der Waals surface area contributed by atoms with Crippen molar-refractivity contribution in [2.45, 2.75) is 26.2 Å². The lowest BCUT2D eigenvalue weighted by Crippen LogP contribution is -2.27. The van der Waals surface area contributed by atoms with Crippen molar-refractivity contribution in [2.24, 2.45) is 5.92 Å². The third-order valence-corrected chi connectivity index (χ3v) is 4.01. The molecule has 1 aliphatic rings. The number of aliphatic carboxylic acids is 1. The van der Waals surface area contributed by atoms with Crippen molar-refractivity contribution >= 4 is 11.9 Å². The van der Waals surface area contributed by atoms with Gasteiger partial charge in [-0.05, 0) is 51.4 Å². The fourth-order valence-corrected chi connectivity index (χ4v) is 2.98. The molecule has 2 heterocycles. The number of ether oxygens (including phenoxy) is 1. The summed E-state index contributed by atoms with van der Waals surface area (Å²) in [4.78, 5) is 30.3. The lowest BCUT2D eigenvalue weighted by Gasteiger charge is -2.21. The molecule has 0 amide bonds. The molecule has 0 aromatic carbocycles. The minimum atomic E-state index is -0.942. The van der Waals surface area contributed by atoms with E-state index >= 15 is 0 Å². The quantitative estimate of drug-likeness (QED) is 0.834. The second-order valence-corrected chi connectivity index (χ2v) is 5.79. The Labute approximate surface area is 130 Å². The molecular formula is C16H22N2O4. The molecule has 2 rings (SSSR count). The predicted octanol–water partition coefficient (Wildman–Crippen LogP) is 1.69. The summed E-state index contributed by atoms with van der Waals surface area (Å²) in [5.74, 6) is -2.29. The average molecular weight is 306 g/mol.